The van der Waals surface area contributed by atoms with Crippen LogP contribution in [0.1, 0.15) is 19.1 Å². The van der Waals surface area contributed by atoms with Crippen LogP contribution in [0.5, 0.6) is 0 Å². The number of anilines is 2. The van der Waals surface area contributed by atoms with Gasteiger partial charge in [-0.05, 0) is 6.42 Å². The maximum atomic E-state index is 12.0. The number of oxazole rings is 1. The molecule has 124 valence electrons. The minimum atomic E-state index is -0.316. The molecule has 0 radical (unpaired) electrons. The minimum Gasteiger partial charge on any atom is -0.429 e. The quantitative estimate of drug-likeness (QED) is 0.874. The number of aryl methyl sites for hydroxylation is 1. The smallest absolute Gasteiger partial charge is 0.332 e. The third-order valence-corrected chi connectivity index (χ3v) is 4.24. The lowest BCUT2D eigenvalue weighted by Crippen LogP contribution is -2.40. The van der Waals surface area contributed by atoms with Crippen LogP contribution in [-0.4, -0.2) is 33.2 Å². The minimum absolute atomic E-state index is 0.164. The molecule has 8 heteroatoms. The Kier molecular flexibility index (Phi) is 3.97. The van der Waals surface area contributed by atoms with Crippen molar-refractivity contribution in [3.05, 3.63) is 38.9 Å². The summed E-state index contributed by atoms with van der Waals surface area (Å²) in [5.74, 6) is 1.49. The molecule has 8 nitrogen and oxygen atoms in total. The average molecular weight is 319 g/mol. The summed E-state index contributed by atoms with van der Waals surface area (Å²) in [5.41, 5.74) is -0.607. The fourth-order valence-electron chi connectivity index (χ4n) is 2.82. The van der Waals surface area contributed by atoms with Gasteiger partial charge in [0.25, 0.3) is 11.6 Å². The van der Waals surface area contributed by atoms with Crippen molar-refractivity contribution < 1.29 is 4.42 Å². The van der Waals surface area contributed by atoms with Gasteiger partial charge in [-0.15, -0.1) is 0 Å². The van der Waals surface area contributed by atoms with Gasteiger partial charge in [0.1, 0.15) is 11.6 Å². The molecule has 0 aliphatic carbocycles. The largest absolute Gasteiger partial charge is 0.429 e. The fourth-order valence-corrected chi connectivity index (χ4v) is 2.82. The normalized spacial score (nSPS) is 17.7. The van der Waals surface area contributed by atoms with E-state index in [2.05, 4.69) is 10.3 Å². The second kappa shape index (κ2) is 5.94. The standard InChI is InChI=1S/C15H21N5O3/c1-4-11-8-16-14(23-11)17-10-5-6-20(9-10)12-7-13(21)19(3)15(22)18(12)2/h7-8,10H,4-6,9H2,1-3H3,(H,16,17)/t10-/m1/s1. The van der Waals surface area contributed by atoms with Crippen molar-refractivity contribution in [1.82, 2.24) is 14.1 Å². The molecule has 0 amide bonds. The molecule has 0 spiro atoms. The molecule has 1 fully saturated rings. The van der Waals surface area contributed by atoms with Gasteiger partial charge in [-0.2, -0.15) is 0 Å². The first kappa shape index (κ1) is 15.4. The van der Waals surface area contributed by atoms with Crippen LogP contribution < -0.4 is 21.5 Å². The first-order valence-electron chi connectivity index (χ1n) is 7.73. The maximum Gasteiger partial charge on any atom is 0.332 e. The molecular weight excluding hydrogens is 298 g/mol. The third kappa shape index (κ3) is 2.88. The van der Waals surface area contributed by atoms with Crippen LogP contribution in [0.2, 0.25) is 0 Å². The summed E-state index contributed by atoms with van der Waals surface area (Å²) in [7, 11) is 3.16. The molecule has 0 bridgehead atoms. The highest BCUT2D eigenvalue weighted by atomic mass is 16.4. The van der Waals surface area contributed by atoms with E-state index in [4.69, 9.17) is 4.42 Å². The Bertz CT molecular complexity index is 819. The lowest BCUT2D eigenvalue weighted by Gasteiger charge is -2.21. The van der Waals surface area contributed by atoms with Gasteiger partial charge in [-0.25, -0.2) is 9.78 Å². The number of hydrogen-bond donors (Lipinski definition) is 1. The Morgan fingerprint density at radius 3 is 2.83 bits per heavy atom. The van der Waals surface area contributed by atoms with Crippen molar-refractivity contribution >= 4 is 11.8 Å². The monoisotopic (exact) mass is 319 g/mol. The van der Waals surface area contributed by atoms with E-state index in [0.29, 0.717) is 18.4 Å². The van der Waals surface area contributed by atoms with Gasteiger partial charge in [0.2, 0.25) is 0 Å². The van der Waals surface area contributed by atoms with Crippen molar-refractivity contribution in [2.45, 2.75) is 25.8 Å². The predicted molar refractivity (Wildman–Crippen MR) is 87.0 cm³/mol. The molecule has 2 aromatic heterocycles. The third-order valence-electron chi connectivity index (χ3n) is 4.24. The average Bonchev–Trinajstić information content (AvgIpc) is 3.18. The van der Waals surface area contributed by atoms with E-state index in [1.165, 1.54) is 17.7 Å². The predicted octanol–water partition coefficient (Wildman–Crippen LogP) is 0.325. The van der Waals surface area contributed by atoms with Gasteiger partial charge in [0, 0.05) is 45.7 Å². The topological polar surface area (TPSA) is 85.3 Å². The van der Waals surface area contributed by atoms with Crippen LogP contribution in [-0.2, 0) is 20.5 Å². The first-order valence-corrected chi connectivity index (χ1v) is 7.73. The maximum absolute atomic E-state index is 12.0. The van der Waals surface area contributed by atoms with Gasteiger partial charge in [-0.1, -0.05) is 6.92 Å². The summed E-state index contributed by atoms with van der Waals surface area (Å²) in [6, 6.07) is 2.19. The van der Waals surface area contributed by atoms with Gasteiger partial charge in [0.05, 0.1) is 6.20 Å². The van der Waals surface area contributed by atoms with E-state index in [0.717, 1.165) is 29.7 Å². The van der Waals surface area contributed by atoms with Crippen molar-refractivity contribution in [2.24, 2.45) is 14.1 Å². The van der Waals surface area contributed by atoms with Gasteiger partial charge >= 0.3 is 5.69 Å². The summed E-state index contributed by atoms with van der Waals surface area (Å²) < 4.78 is 8.17. The number of nitrogens with one attached hydrogen (secondary N) is 1. The van der Waals surface area contributed by atoms with E-state index < -0.39 is 0 Å². The summed E-state index contributed by atoms with van der Waals surface area (Å²) in [5, 5.41) is 3.27. The van der Waals surface area contributed by atoms with E-state index >= 15 is 0 Å². The van der Waals surface area contributed by atoms with E-state index in [-0.39, 0.29) is 17.3 Å². The zero-order valence-corrected chi connectivity index (χ0v) is 13.6. The zero-order chi connectivity index (χ0) is 16.6. The Morgan fingerprint density at radius 2 is 2.13 bits per heavy atom. The van der Waals surface area contributed by atoms with Crippen molar-refractivity contribution in [3.63, 3.8) is 0 Å². The molecule has 23 heavy (non-hydrogen) atoms. The summed E-state index contributed by atoms with van der Waals surface area (Å²) in [6.07, 6.45) is 3.41. The molecule has 0 unspecified atom stereocenters. The molecule has 0 saturated carbocycles. The van der Waals surface area contributed by atoms with E-state index in [9.17, 15) is 9.59 Å². The fraction of sp³-hybridized carbons (Fsp3) is 0.533. The van der Waals surface area contributed by atoms with Gasteiger partial charge in [0.15, 0.2) is 0 Å². The molecule has 1 aliphatic heterocycles. The van der Waals surface area contributed by atoms with Crippen LogP contribution in [0.25, 0.3) is 0 Å². The van der Waals surface area contributed by atoms with E-state index in [1.807, 2.05) is 11.8 Å². The lowest BCUT2D eigenvalue weighted by atomic mass is 10.3. The van der Waals surface area contributed by atoms with Gasteiger partial charge < -0.3 is 14.6 Å². The molecule has 1 N–H and O–H groups in total. The van der Waals surface area contributed by atoms with Crippen LogP contribution in [0.3, 0.4) is 0 Å². The number of hydrogen-bond acceptors (Lipinski definition) is 6. The van der Waals surface area contributed by atoms with Gasteiger partial charge in [-0.3, -0.25) is 13.9 Å². The Morgan fingerprint density at radius 1 is 1.35 bits per heavy atom. The van der Waals surface area contributed by atoms with Crippen LogP contribution >= 0.6 is 0 Å². The highest BCUT2D eigenvalue weighted by Crippen LogP contribution is 2.20. The van der Waals surface area contributed by atoms with Crippen molar-refractivity contribution in [1.29, 1.82) is 0 Å². The number of rotatable bonds is 4. The summed E-state index contributed by atoms with van der Waals surface area (Å²) >= 11 is 0. The summed E-state index contributed by atoms with van der Waals surface area (Å²) in [6.45, 7) is 3.46. The van der Waals surface area contributed by atoms with Crippen LogP contribution in [0, 0.1) is 0 Å². The molecular formula is C15H21N5O3. The highest BCUT2D eigenvalue weighted by Gasteiger charge is 2.26. The van der Waals surface area contributed by atoms with Crippen molar-refractivity contribution in [3.8, 4) is 0 Å². The highest BCUT2D eigenvalue weighted by molar-refractivity contribution is 5.41. The second-order valence-electron chi connectivity index (χ2n) is 5.80. The number of nitrogens with zero attached hydrogens (tertiary/aromatic N) is 4. The SMILES string of the molecule is CCc1cnc(N[C@@H]2CCN(c3cc(=O)n(C)c(=O)n3C)C2)o1. The lowest BCUT2D eigenvalue weighted by molar-refractivity contribution is 0.516. The zero-order valence-electron chi connectivity index (χ0n) is 13.6. The second-order valence-corrected chi connectivity index (χ2v) is 5.80. The summed E-state index contributed by atoms with van der Waals surface area (Å²) in [4.78, 5) is 30.1. The molecule has 0 aromatic carbocycles. The molecule has 1 saturated heterocycles. The molecule has 1 atom stereocenters. The molecule has 3 rings (SSSR count). The molecule has 3 heterocycles. The van der Waals surface area contributed by atoms with E-state index in [1.54, 1.807) is 13.2 Å². The van der Waals surface area contributed by atoms with Crippen molar-refractivity contribution in [2.75, 3.05) is 23.3 Å². The number of aromatic nitrogens is 3. The Labute approximate surface area is 133 Å². The Hall–Kier alpha value is -2.51. The Balaban J connectivity index is 1.75. The molecule has 1 aliphatic rings. The first-order chi connectivity index (χ1) is 11.0. The molecule has 2 aromatic rings. The van der Waals surface area contributed by atoms with Crippen LogP contribution in [0.4, 0.5) is 11.8 Å². The van der Waals surface area contributed by atoms with Crippen LogP contribution in [0.15, 0.2) is 26.3 Å².